The van der Waals surface area contributed by atoms with Crippen LogP contribution in [0.5, 0.6) is 0 Å². The van der Waals surface area contributed by atoms with E-state index in [4.69, 9.17) is 16.6 Å². The molecular formula is C26H34ClN. The standard InChI is InChI=1S/C26H34ClN/c1-17-5-8-22(28-25(17)19-11-13-26(3,4)14-12-19)15-18(2)23-9-6-20-16-21(27)7-10-24(20)23/h5,7-8,10,16,18-19,23H,6,9,11-15H2,1-4H3. The molecule has 1 aromatic heterocycles. The van der Waals surface area contributed by atoms with Crippen molar-refractivity contribution in [3.63, 3.8) is 0 Å². The molecule has 2 unspecified atom stereocenters. The van der Waals surface area contributed by atoms with Gasteiger partial charge in [0.15, 0.2) is 0 Å². The summed E-state index contributed by atoms with van der Waals surface area (Å²) in [7, 11) is 0. The average molecular weight is 396 g/mol. The van der Waals surface area contributed by atoms with Crippen LogP contribution in [-0.4, -0.2) is 4.98 Å². The second-order valence-electron chi connectivity index (χ2n) is 10.1. The first kappa shape index (κ1) is 20.0. The molecule has 150 valence electrons. The Balaban J connectivity index is 1.49. The van der Waals surface area contributed by atoms with Crippen LogP contribution >= 0.6 is 11.6 Å². The molecule has 28 heavy (non-hydrogen) atoms. The molecule has 2 heteroatoms. The third-order valence-corrected chi connectivity index (χ3v) is 7.60. The highest BCUT2D eigenvalue weighted by Gasteiger charge is 2.30. The van der Waals surface area contributed by atoms with E-state index in [1.165, 1.54) is 60.2 Å². The fraction of sp³-hybridized carbons (Fsp3) is 0.577. The summed E-state index contributed by atoms with van der Waals surface area (Å²) in [6, 6.07) is 11.0. The lowest BCUT2D eigenvalue weighted by atomic mass is 9.72. The molecule has 1 nitrogen and oxygen atoms in total. The topological polar surface area (TPSA) is 12.9 Å². The molecule has 2 aromatic rings. The van der Waals surface area contributed by atoms with Gasteiger partial charge in [-0.2, -0.15) is 0 Å². The van der Waals surface area contributed by atoms with E-state index in [0.29, 0.717) is 23.2 Å². The van der Waals surface area contributed by atoms with Crippen LogP contribution in [-0.2, 0) is 12.8 Å². The minimum Gasteiger partial charge on any atom is -0.257 e. The largest absolute Gasteiger partial charge is 0.257 e. The van der Waals surface area contributed by atoms with Crippen molar-refractivity contribution in [2.24, 2.45) is 11.3 Å². The zero-order valence-electron chi connectivity index (χ0n) is 17.9. The Morgan fingerprint density at radius 3 is 2.61 bits per heavy atom. The molecule has 0 saturated heterocycles. The van der Waals surface area contributed by atoms with Crippen molar-refractivity contribution >= 4 is 11.6 Å². The monoisotopic (exact) mass is 395 g/mol. The van der Waals surface area contributed by atoms with Gasteiger partial charge in [-0.25, -0.2) is 0 Å². The summed E-state index contributed by atoms with van der Waals surface area (Å²) in [5.74, 6) is 1.89. The second-order valence-corrected chi connectivity index (χ2v) is 10.5. The number of pyridine rings is 1. The van der Waals surface area contributed by atoms with Gasteiger partial charge in [-0.3, -0.25) is 4.98 Å². The predicted molar refractivity (Wildman–Crippen MR) is 119 cm³/mol. The van der Waals surface area contributed by atoms with Crippen molar-refractivity contribution in [2.75, 3.05) is 0 Å². The van der Waals surface area contributed by atoms with E-state index in [2.05, 4.69) is 58.0 Å². The summed E-state index contributed by atoms with van der Waals surface area (Å²) in [6.07, 6.45) is 8.69. The van der Waals surface area contributed by atoms with Gasteiger partial charge in [-0.05, 0) is 104 Å². The summed E-state index contributed by atoms with van der Waals surface area (Å²) < 4.78 is 0. The molecule has 0 aliphatic heterocycles. The molecule has 0 bridgehead atoms. The SMILES string of the molecule is Cc1ccc(CC(C)C2CCc3cc(Cl)ccc32)nc1C1CCC(C)(C)CC1. The summed E-state index contributed by atoms with van der Waals surface area (Å²) in [5.41, 5.74) is 7.50. The third-order valence-electron chi connectivity index (χ3n) is 7.37. The van der Waals surface area contributed by atoms with Crippen molar-refractivity contribution in [3.8, 4) is 0 Å². The highest BCUT2D eigenvalue weighted by molar-refractivity contribution is 6.30. The summed E-state index contributed by atoms with van der Waals surface area (Å²) in [4.78, 5) is 5.20. The van der Waals surface area contributed by atoms with E-state index in [-0.39, 0.29) is 0 Å². The summed E-state index contributed by atoms with van der Waals surface area (Å²) >= 11 is 6.19. The molecule has 0 spiro atoms. The Kier molecular flexibility index (Phi) is 5.58. The zero-order chi connectivity index (χ0) is 19.9. The Labute approximate surface area is 175 Å². The minimum atomic E-state index is 0.509. The van der Waals surface area contributed by atoms with Crippen molar-refractivity contribution in [3.05, 3.63) is 63.4 Å². The van der Waals surface area contributed by atoms with Gasteiger partial charge in [0.2, 0.25) is 0 Å². The highest BCUT2D eigenvalue weighted by Crippen LogP contribution is 2.43. The molecule has 1 heterocycles. The number of rotatable bonds is 4. The van der Waals surface area contributed by atoms with Gasteiger partial charge in [0, 0.05) is 22.3 Å². The maximum absolute atomic E-state index is 6.19. The van der Waals surface area contributed by atoms with Crippen LogP contribution in [0.4, 0.5) is 0 Å². The van der Waals surface area contributed by atoms with Crippen LogP contribution < -0.4 is 0 Å². The molecule has 0 radical (unpaired) electrons. The number of aromatic nitrogens is 1. The Hall–Kier alpha value is -1.34. The Morgan fingerprint density at radius 2 is 1.86 bits per heavy atom. The first-order chi connectivity index (χ1) is 13.3. The maximum Gasteiger partial charge on any atom is 0.0466 e. The molecule has 2 atom stereocenters. The Bertz CT molecular complexity index is 844. The highest BCUT2D eigenvalue weighted by atomic mass is 35.5. The molecular weight excluding hydrogens is 362 g/mol. The van der Waals surface area contributed by atoms with Crippen LogP contribution in [0.2, 0.25) is 5.02 Å². The number of halogens is 1. The van der Waals surface area contributed by atoms with Gasteiger partial charge in [-0.1, -0.05) is 44.5 Å². The quantitative estimate of drug-likeness (QED) is 0.518. The lowest BCUT2D eigenvalue weighted by Gasteiger charge is -2.34. The van der Waals surface area contributed by atoms with Crippen LogP contribution in [0.3, 0.4) is 0 Å². The van der Waals surface area contributed by atoms with E-state index in [1.807, 2.05) is 0 Å². The van der Waals surface area contributed by atoms with Gasteiger partial charge in [0.25, 0.3) is 0 Å². The van der Waals surface area contributed by atoms with Crippen LogP contribution in [0, 0.1) is 18.3 Å². The fourth-order valence-corrected chi connectivity index (χ4v) is 5.66. The molecule has 1 saturated carbocycles. The van der Waals surface area contributed by atoms with E-state index in [1.54, 1.807) is 0 Å². The van der Waals surface area contributed by atoms with Crippen molar-refractivity contribution < 1.29 is 0 Å². The van der Waals surface area contributed by atoms with E-state index >= 15 is 0 Å². The number of fused-ring (bicyclic) bond motifs is 1. The van der Waals surface area contributed by atoms with Gasteiger partial charge in [0.05, 0.1) is 0 Å². The molecule has 2 aliphatic rings. The number of nitrogens with zero attached hydrogens (tertiary/aromatic N) is 1. The van der Waals surface area contributed by atoms with Crippen molar-refractivity contribution in [2.45, 2.75) is 84.5 Å². The molecule has 4 rings (SSSR count). The third kappa shape index (κ3) is 4.15. The van der Waals surface area contributed by atoms with E-state index < -0.39 is 0 Å². The first-order valence-electron chi connectivity index (χ1n) is 11.1. The van der Waals surface area contributed by atoms with Gasteiger partial charge in [0.1, 0.15) is 0 Å². The minimum absolute atomic E-state index is 0.509. The lowest BCUT2D eigenvalue weighted by molar-refractivity contribution is 0.222. The fourth-order valence-electron chi connectivity index (χ4n) is 5.47. The normalized spacial score (nSPS) is 22.8. The predicted octanol–water partition coefficient (Wildman–Crippen LogP) is 7.64. The van der Waals surface area contributed by atoms with Gasteiger partial charge in [-0.15, -0.1) is 0 Å². The van der Waals surface area contributed by atoms with Gasteiger partial charge < -0.3 is 0 Å². The number of benzene rings is 1. The van der Waals surface area contributed by atoms with Crippen LogP contribution in [0.1, 0.15) is 92.8 Å². The lowest BCUT2D eigenvalue weighted by Crippen LogP contribution is -2.21. The molecule has 0 amide bonds. The summed E-state index contributed by atoms with van der Waals surface area (Å²) in [5, 5.41) is 0.868. The molecule has 1 fully saturated rings. The average Bonchev–Trinajstić information content (AvgIpc) is 3.06. The maximum atomic E-state index is 6.19. The van der Waals surface area contributed by atoms with Crippen molar-refractivity contribution in [1.82, 2.24) is 4.98 Å². The Morgan fingerprint density at radius 1 is 1.11 bits per heavy atom. The number of hydrogen-bond donors (Lipinski definition) is 0. The molecule has 0 N–H and O–H groups in total. The molecule has 2 aliphatic carbocycles. The second kappa shape index (κ2) is 7.82. The van der Waals surface area contributed by atoms with Crippen LogP contribution in [0.15, 0.2) is 30.3 Å². The zero-order valence-corrected chi connectivity index (χ0v) is 18.6. The van der Waals surface area contributed by atoms with Crippen molar-refractivity contribution in [1.29, 1.82) is 0 Å². The van der Waals surface area contributed by atoms with Gasteiger partial charge >= 0.3 is 0 Å². The van der Waals surface area contributed by atoms with E-state index in [9.17, 15) is 0 Å². The smallest absolute Gasteiger partial charge is 0.0466 e. The molecule has 1 aromatic carbocycles. The van der Waals surface area contributed by atoms with Crippen LogP contribution in [0.25, 0.3) is 0 Å². The van der Waals surface area contributed by atoms with E-state index in [0.717, 1.165) is 17.9 Å². The first-order valence-corrected chi connectivity index (χ1v) is 11.4. The summed E-state index contributed by atoms with van der Waals surface area (Å²) in [6.45, 7) is 9.47. The number of aryl methyl sites for hydroxylation is 2. The number of hydrogen-bond acceptors (Lipinski definition) is 1.